The maximum atomic E-state index is 9.48. The van der Waals surface area contributed by atoms with Crippen LogP contribution in [-0.4, -0.2) is 5.11 Å². The summed E-state index contributed by atoms with van der Waals surface area (Å²) in [7, 11) is 0. The van der Waals surface area contributed by atoms with E-state index in [1.807, 2.05) is 19.9 Å². The van der Waals surface area contributed by atoms with Crippen molar-refractivity contribution in [2.45, 2.75) is 19.9 Å². The minimum absolute atomic E-state index is 0.0947. The first-order valence-electron chi connectivity index (χ1n) is 3.77. The van der Waals surface area contributed by atoms with Crippen molar-refractivity contribution in [1.29, 1.82) is 0 Å². The summed E-state index contributed by atoms with van der Waals surface area (Å²) >= 11 is 5.76. The van der Waals surface area contributed by atoms with Gasteiger partial charge in [0.15, 0.2) is 0 Å². The Bertz CT molecular complexity index is 297. The number of aryl methyl sites for hydroxylation is 1. The van der Waals surface area contributed by atoms with E-state index in [0.29, 0.717) is 10.6 Å². The molecule has 1 rings (SSSR count). The molecule has 3 N–H and O–H groups in total. The van der Waals surface area contributed by atoms with E-state index in [1.54, 1.807) is 6.07 Å². The predicted molar refractivity (Wildman–Crippen MR) is 50.5 cm³/mol. The first-order valence-corrected chi connectivity index (χ1v) is 4.14. The Hall–Kier alpha value is -0.730. The SMILES string of the molecule is Cc1cc(Cl)c(O)c([C@@H](C)N)c1. The number of hydrogen-bond acceptors (Lipinski definition) is 2. The second-order valence-electron chi connectivity index (χ2n) is 2.97. The van der Waals surface area contributed by atoms with Crippen molar-refractivity contribution in [2.24, 2.45) is 5.73 Å². The van der Waals surface area contributed by atoms with Crippen LogP contribution in [0, 0.1) is 6.92 Å². The number of halogens is 1. The van der Waals surface area contributed by atoms with Crippen LogP contribution in [0.25, 0.3) is 0 Å². The minimum Gasteiger partial charge on any atom is -0.506 e. The Morgan fingerprint density at radius 3 is 2.58 bits per heavy atom. The van der Waals surface area contributed by atoms with Gasteiger partial charge in [-0.3, -0.25) is 0 Å². The minimum atomic E-state index is -0.192. The lowest BCUT2D eigenvalue weighted by Crippen LogP contribution is -2.05. The number of aromatic hydroxyl groups is 1. The fourth-order valence-corrected chi connectivity index (χ4v) is 1.39. The van der Waals surface area contributed by atoms with Gasteiger partial charge in [0.25, 0.3) is 0 Å². The molecule has 3 heteroatoms. The van der Waals surface area contributed by atoms with E-state index in [4.69, 9.17) is 17.3 Å². The molecule has 0 bridgehead atoms. The van der Waals surface area contributed by atoms with Crippen molar-refractivity contribution >= 4 is 11.6 Å². The molecular formula is C9H12ClNO. The third-order valence-corrected chi connectivity index (χ3v) is 2.02. The van der Waals surface area contributed by atoms with Gasteiger partial charge in [-0.25, -0.2) is 0 Å². The molecule has 0 aromatic heterocycles. The van der Waals surface area contributed by atoms with Crippen molar-refractivity contribution in [3.8, 4) is 5.75 Å². The van der Waals surface area contributed by atoms with Crippen LogP contribution in [0.4, 0.5) is 0 Å². The van der Waals surface area contributed by atoms with Gasteiger partial charge >= 0.3 is 0 Å². The van der Waals surface area contributed by atoms with E-state index < -0.39 is 0 Å². The van der Waals surface area contributed by atoms with Crippen molar-refractivity contribution in [3.05, 3.63) is 28.3 Å². The molecule has 0 heterocycles. The van der Waals surface area contributed by atoms with Crippen molar-refractivity contribution < 1.29 is 5.11 Å². The third-order valence-electron chi connectivity index (χ3n) is 1.73. The second-order valence-corrected chi connectivity index (χ2v) is 3.38. The first-order chi connectivity index (χ1) is 5.52. The molecule has 0 radical (unpaired) electrons. The van der Waals surface area contributed by atoms with E-state index in [0.717, 1.165) is 5.56 Å². The van der Waals surface area contributed by atoms with Crippen molar-refractivity contribution in [3.63, 3.8) is 0 Å². The van der Waals surface area contributed by atoms with E-state index in [9.17, 15) is 5.11 Å². The molecule has 0 saturated carbocycles. The summed E-state index contributed by atoms with van der Waals surface area (Å²) in [6, 6.07) is 3.36. The van der Waals surface area contributed by atoms with Gasteiger partial charge in [0.1, 0.15) is 5.75 Å². The first kappa shape index (κ1) is 9.36. The number of nitrogens with two attached hydrogens (primary N) is 1. The molecule has 1 aromatic carbocycles. The van der Waals surface area contributed by atoms with E-state index in [-0.39, 0.29) is 11.8 Å². The molecule has 0 saturated heterocycles. The Balaban J connectivity index is 3.28. The zero-order valence-electron chi connectivity index (χ0n) is 7.13. The summed E-state index contributed by atoms with van der Waals surface area (Å²) in [6.07, 6.45) is 0. The summed E-state index contributed by atoms with van der Waals surface area (Å²) in [4.78, 5) is 0. The van der Waals surface area contributed by atoms with Crippen molar-refractivity contribution in [2.75, 3.05) is 0 Å². The third kappa shape index (κ3) is 1.71. The summed E-state index contributed by atoms with van der Waals surface area (Å²) < 4.78 is 0. The molecule has 2 nitrogen and oxygen atoms in total. The van der Waals surface area contributed by atoms with Gasteiger partial charge in [-0.05, 0) is 25.5 Å². The smallest absolute Gasteiger partial charge is 0.138 e. The lowest BCUT2D eigenvalue weighted by molar-refractivity contribution is 0.464. The number of phenols is 1. The predicted octanol–water partition coefficient (Wildman–Crippen LogP) is 2.37. The fourth-order valence-electron chi connectivity index (χ4n) is 1.11. The van der Waals surface area contributed by atoms with Gasteiger partial charge in [-0.1, -0.05) is 17.7 Å². The van der Waals surface area contributed by atoms with E-state index in [1.165, 1.54) is 0 Å². The largest absolute Gasteiger partial charge is 0.506 e. The molecule has 0 aliphatic heterocycles. The molecule has 66 valence electrons. The molecule has 1 atom stereocenters. The van der Waals surface area contributed by atoms with Gasteiger partial charge in [0.05, 0.1) is 5.02 Å². The van der Waals surface area contributed by atoms with Crippen LogP contribution in [-0.2, 0) is 0 Å². The average molecular weight is 186 g/mol. The van der Waals surface area contributed by atoms with Gasteiger partial charge in [0, 0.05) is 11.6 Å². The van der Waals surface area contributed by atoms with Crippen LogP contribution in [0.15, 0.2) is 12.1 Å². The highest BCUT2D eigenvalue weighted by Crippen LogP contribution is 2.31. The lowest BCUT2D eigenvalue weighted by atomic mass is 10.1. The number of benzene rings is 1. The molecule has 0 fully saturated rings. The lowest BCUT2D eigenvalue weighted by Gasteiger charge is -2.10. The number of rotatable bonds is 1. The molecular weight excluding hydrogens is 174 g/mol. The molecule has 0 aliphatic carbocycles. The maximum absolute atomic E-state index is 9.48. The number of hydrogen-bond donors (Lipinski definition) is 2. The molecule has 1 aromatic rings. The second kappa shape index (κ2) is 3.33. The van der Waals surface area contributed by atoms with Crippen LogP contribution in [0.1, 0.15) is 24.1 Å². The van der Waals surface area contributed by atoms with E-state index in [2.05, 4.69) is 0 Å². The van der Waals surface area contributed by atoms with Gasteiger partial charge in [0.2, 0.25) is 0 Å². The highest BCUT2D eigenvalue weighted by molar-refractivity contribution is 6.32. The fraction of sp³-hybridized carbons (Fsp3) is 0.333. The van der Waals surface area contributed by atoms with Crippen LogP contribution < -0.4 is 5.73 Å². The Kier molecular flexibility index (Phi) is 2.60. The Morgan fingerprint density at radius 2 is 2.08 bits per heavy atom. The summed E-state index contributed by atoms with van der Waals surface area (Å²) in [5.74, 6) is 0.0947. The molecule has 0 unspecified atom stereocenters. The zero-order valence-corrected chi connectivity index (χ0v) is 7.89. The average Bonchev–Trinajstić information content (AvgIpc) is 1.96. The normalized spacial score (nSPS) is 13.0. The summed E-state index contributed by atoms with van der Waals surface area (Å²) in [6.45, 7) is 3.72. The Morgan fingerprint density at radius 1 is 1.50 bits per heavy atom. The quantitative estimate of drug-likeness (QED) is 0.706. The van der Waals surface area contributed by atoms with Gasteiger partial charge in [-0.15, -0.1) is 0 Å². The summed E-state index contributed by atoms with van der Waals surface area (Å²) in [5.41, 5.74) is 7.33. The number of phenolic OH excluding ortho intramolecular Hbond substituents is 1. The molecule has 0 spiro atoms. The van der Waals surface area contributed by atoms with Crippen LogP contribution >= 0.6 is 11.6 Å². The van der Waals surface area contributed by atoms with Gasteiger partial charge < -0.3 is 10.8 Å². The van der Waals surface area contributed by atoms with Crippen LogP contribution in [0.3, 0.4) is 0 Å². The topological polar surface area (TPSA) is 46.2 Å². The zero-order chi connectivity index (χ0) is 9.30. The molecule has 0 amide bonds. The van der Waals surface area contributed by atoms with Crippen LogP contribution in [0.2, 0.25) is 5.02 Å². The highest BCUT2D eigenvalue weighted by Gasteiger charge is 2.09. The summed E-state index contributed by atoms with van der Waals surface area (Å²) in [5, 5.41) is 9.84. The van der Waals surface area contributed by atoms with Crippen LogP contribution in [0.5, 0.6) is 5.75 Å². The van der Waals surface area contributed by atoms with E-state index >= 15 is 0 Å². The standard InChI is InChI=1S/C9H12ClNO/c1-5-3-7(6(2)11)9(12)8(10)4-5/h3-4,6,12H,11H2,1-2H3/t6-/m1/s1. The van der Waals surface area contributed by atoms with Gasteiger partial charge in [-0.2, -0.15) is 0 Å². The molecule has 12 heavy (non-hydrogen) atoms. The monoisotopic (exact) mass is 185 g/mol. The highest BCUT2D eigenvalue weighted by atomic mass is 35.5. The molecule has 0 aliphatic rings. The Labute approximate surface area is 77.0 Å². The van der Waals surface area contributed by atoms with Crippen molar-refractivity contribution in [1.82, 2.24) is 0 Å². The maximum Gasteiger partial charge on any atom is 0.138 e.